The van der Waals surface area contributed by atoms with Crippen LogP contribution < -0.4 is 5.32 Å². The fraction of sp³-hybridized carbons (Fsp3) is 0.250. The van der Waals surface area contributed by atoms with Crippen molar-refractivity contribution in [2.24, 2.45) is 0 Å². The summed E-state index contributed by atoms with van der Waals surface area (Å²) in [7, 11) is 0. The molecule has 0 aliphatic rings. The Kier molecular flexibility index (Phi) is 4.78. The van der Waals surface area contributed by atoms with Gasteiger partial charge in [-0.05, 0) is 24.3 Å². The van der Waals surface area contributed by atoms with Gasteiger partial charge in [-0.3, -0.25) is 14.9 Å². The maximum Gasteiger partial charge on any atom is 0.220 e. The highest BCUT2D eigenvalue weighted by Gasteiger charge is 2.07. The summed E-state index contributed by atoms with van der Waals surface area (Å²) < 4.78 is 5.19. The Morgan fingerprint density at radius 1 is 1.26 bits per heavy atom. The molecule has 0 spiro atoms. The normalized spacial score (nSPS) is 10.6. The van der Waals surface area contributed by atoms with Gasteiger partial charge in [0.05, 0.1) is 6.26 Å². The summed E-state index contributed by atoms with van der Waals surface area (Å²) >= 11 is 0. The molecule has 3 rings (SSSR count). The first-order valence-corrected chi connectivity index (χ1v) is 7.42. The van der Waals surface area contributed by atoms with E-state index in [0.717, 1.165) is 17.1 Å². The number of carbonyl (C=O) groups excluding carboxylic acids is 1. The van der Waals surface area contributed by atoms with Gasteiger partial charge in [0.15, 0.2) is 5.82 Å². The zero-order valence-corrected chi connectivity index (χ0v) is 12.5. The number of rotatable bonds is 7. The maximum atomic E-state index is 11.7. The molecule has 7 nitrogen and oxygen atoms in total. The minimum atomic E-state index is -0.00611. The van der Waals surface area contributed by atoms with Crippen LogP contribution in [0.25, 0.3) is 11.4 Å². The highest BCUT2D eigenvalue weighted by atomic mass is 16.3. The number of carbonyl (C=O) groups is 1. The molecule has 0 saturated heterocycles. The van der Waals surface area contributed by atoms with Crippen molar-refractivity contribution in [1.82, 2.24) is 25.5 Å². The monoisotopic (exact) mass is 311 g/mol. The number of aryl methyl sites for hydroxylation is 1. The number of aromatic nitrogens is 4. The first-order chi connectivity index (χ1) is 11.3. The van der Waals surface area contributed by atoms with E-state index in [1.54, 1.807) is 18.7 Å². The lowest BCUT2D eigenvalue weighted by Gasteiger charge is -2.02. The molecule has 0 aliphatic carbocycles. The first kappa shape index (κ1) is 15.0. The van der Waals surface area contributed by atoms with Gasteiger partial charge in [-0.2, -0.15) is 5.10 Å². The second-order valence-corrected chi connectivity index (χ2v) is 5.03. The smallest absolute Gasteiger partial charge is 0.220 e. The summed E-state index contributed by atoms with van der Waals surface area (Å²) in [6.07, 6.45) is 6.63. The molecule has 1 amide bonds. The van der Waals surface area contributed by atoms with Crippen LogP contribution in [0.5, 0.6) is 0 Å². The minimum absolute atomic E-state index is 0.00611. The number of pyridine rings is 1. The van der Waals surface area contributed by atoms with Gasteiger partial charge >= 0.3 is 0 Å². The van der Waals surface area contributed by atoms with Crippen LogP contribution in [0.2, 0.25) is 0 Å². The standard InChI is InChI=1S/C16H17N5O2/c22-15(6-5-13-4-2-10-23-13)18-9-7-14-19-16(21-20-14)12-3-1-8-17-11-12/h1-4,8,10-11H,5-7,9H2,(H,18,22)(H,19,20,21). The van der Waals surface area contributed by atoms with Crippen molar-refractivity contribution in [3.8, 4) is 11.4 Å². The molecule has 0 saturated carbocycles. The van der Waals surface area contributed by atoms with E-state index in [0.29, 0.717) is 31.6 Å². The minimum Gasteiger partial charge on any atom is -0.469 e. The van der Waals surface area contributed by atoms with Crippen LogP contribution in [0, 0.1) is 0 Å². The van der Waals surface area contributed by atoms with E-state index in [1.807, 2.05) is 24.3 Å². The molecule has 118 valence electrons. The number of nitrogens with one attached hydrogen (secondary N) is 2. The fourth-order valence-electron chi connectivity index (χ4n) is 2.13. The lowest BCUT2D eigenvalue weighted by Crippen LogP contribution is -2.26. The molecular weight excluding hydrogens is 294 g/mol. The van der Waals surface area contributed by atoms with Gasteiger partial charge in [0.2, 0.25) is 5.91 Å². The molecule has 3 aromatic rings. The molecule has 3 aromatic heterocycles. The molecule has 7 heteroatoms. The van der Waals surface area contributed by atoms with E-state index < -0.39 is 0 Å². The molecular formula is C16H17N5O2. The van der Waals surface area contributed by atoms with E-state index >= 15 is 0 Å². The van der Waals surface area contributed by atoms with Crippen LogP contribution >= 0.6 is 0 Å². The first-order valence-electron chi connectivity index (χ1n) is 7.42. The predicted octanol–water partition coefficient (Wildman–Crippen LogP) is 1.75. The van der Waals surface area contributed by atoms with Gasteiger partial charge in [-0.15, -0.1) is 0 Å². The van der Waals surface area contributed by atoms with E-state index in [2.05, 4.69) is 25.5 Å². The number of nitrogens with zero attached hydrogens (tertiary/aromatic N) is 3. The van der Waals surface area contributed by atoms with E-state index in [-0.39, 0.29) is 5.91 Å². The summed E-state index contributed by atoms with van der Waals surface area (Å²) in [5.74, 6) is 2.15. The van der Waals surface area contributed by atoms with E-state index in [1.165, 1.54) is 0 Å². The van der Waals surface area contributed by atoms with Gasteiger partial charge in [0.1, 0.15) is 11.6 Å². The van der Waals surface area contributed by atoms with Gasteiger partial charge < -0.3 is 9.73 Å². The van der Waals surface area contributed by atoms with Crippen LogP contribution in [-0.2, 0) is 17.6 Å². The highest BCUT2D eigenvalue weighted by molar-refractivity contribution is 5.76. The third kappa shape index (κ3) is 4.26. The molecule has 0 atom stereocenters. The topological polar surface area (TPSA) is 96.7 Å². The maximum absolute atomic E-state index is 11.7. The van der Waals surface area contributed by atoms with E-state index in [4.69, 9.17) is 4.42 Å². The molecule has 23 heavy (non-hydrogen) atoms. The van der Waals surface area contributed by atoms with Gasteiger partial charge in [0, 0.05) is 43.8 Å². The number of hydrogen-bond acceptors (Lipinski definition) is 5. The second kappa shape index (κ2) is 7.35. The summed E-state index contributed by atoms with van der Waals surface area (Å²) in [5, 5.41) is 9.89. The van der Waals surface area contributed by atoms with Gasteiger partial charge in [-0.25, -0.2) is 4.98 Å². The Morgan fingerprint density at radius 3 is 3.00 bits per heavy atom. The van der Waals surface area contributed by atoms with Crippen LogP contribution in [-0.4, -0.2) is 32.6 Å². The van der Waals surface area contributed by atoms with Crippen molar-refractivity contribution in [3.63, 3.8) is 0 Å². The van der Waals surface area contributed by atoms with Crippen molar-refractivity contribution in [1.29, 1.82) is 0 Å². The van der Waals surface area contributed by atoms with Crippen LogP contribution in [0.15, 0.2) is 47.3 Å². The third-order valence-corrected chi connectivity index (χ3v) is 3.31. The molecule has 2 N–H and O–H groups in total. The Hall–Kier alpha value is -2.96. The number of hydrogen-bond donors (Lipinski definition) is 2. The zero-order chi connectivity index (χ0) is 15.9. The van der Waals surface area contributed by atoms with E-state index in [9.17, 15) is 4.79 Å². The third-order valence-electron chi connectivity index (χ3n) is 3.31. The van der Waals surface area contributed by atoms with Crippen molar-refractivity contribution in [3.05, 3.63) is 54.5 Å². The average molecular weight is 311 g/mol. The van der Waals surface area contributed by atoms with Crippen LogP contribution in [0.3, 0.4) is 0 Å². The fourth-order valence-corrected chi connectivity index (χ4v) is 2.13. The Morgan fingerprint density at radius 2 is 2.22 bits per heavy atom. The molecule has 0 fully saturated rings. The summed E-state index contributed by atoms with van der Waals surface area (Å²) in [6.45, 7) is 0.513. The number of H-pyrrole nitrogens is 1. The van der Waals surface area contributed by atoms with Crippen molar-refractivity contribution < 1.29 is 9.21 Å². The van der Waals surface area contributed by atoms with Gasteiger partial charge in [-0.1, -0.05) is 0 Å². The molecule has 0 aromatic carbocycles. The summed E-state index contributed by atoms with van der Waals surface area (Å²) in [4.78, 5) is 20.2. The summed E-state index contributed by atoms with van der Waals surface area (Å²) in [6, 6.07) is 7.42. The molecule has 0 aliphatic heterocycles. The quantitative estimate of drug-likeness (QED) is 0.693. The Balaban J connectivity index is 1.42. The number of furan rings is 1. The summed E-state index contributed by atoms with van der Waals surface area (Å²) in [5.41, 5.74) is 0.859. The predicted molar refractivity (Wildman–Crippen MR) is 83.4 cm³/mol. The van der Waals surface area contributed by atoms with Crippen LogP contribution in [0.4, 0.5) is 0 Å². The SMILES string of the molecule is O=C(CCc1ccco1)NCCc1nc(-c2cccnc2)n[nH]1. The van der Waals surface area contributed by atoms with Crippen molar-refractivity contribution in [2.45, 2.75) is 19.3 Å². The average Bonchev–Trinajstić information content (AvgIpc) is 3.26. The molecule has 0 unspecified atom stereocenters. The number of aromatic amines is 1. The van der Waals surface area contributed by atoms with Crippen LogP contribution in [0.1, 0.15) is 18.0 Å². The molecule has 0 radical (unpaired) electrons. The highest BCUT2D eigenvalue weighted by Crippen LogP contribution is 2.11. The lowest BCUT2D eigenvalue weighted by molar-refractivity contribution is -0.121. The van der Waals surface area contributed by atoms with Crippen molar-refractivity contribution in [2.75, 3.05) is 6.54 Å². The number of amides is 1. The Bertz CT molecular complexity index is 737. The second-order valence-electron chi connectivity index (χ2n) is 5.03. The van der Waals surface area contributed by atoms with Crippen molar-refractivity contribution >= 4 is 5.91 Å². The molecule has 3 heterocycles. The largest absolute Gasteiger partial charge is 0.469 e. The Labute approximate surface area is 133 Å². The zero-order valence-electron chi connectivity index (χ0n) is 12.5. The molecule has 0 bridgehead atoms. The lowest BCUT2D eigenvalue weighted by atomic mass is 10.2. The van der Waals surface area contributed by atoms with Gasteiger partial charge in [0.25, 0.3) is 0 Å².